The summed E-state index contributed by atoms with van der Waals surface area (Å²) in [7, 11) is -3.01. The number of benzene rings is 6. The van der Waals surface area contributed by atoms with Crippen molar-refractivity contribution < 1.29 is 4.57 Å². The van der Waals surface area contributed by atoms with Gasteiger partial charge in [0.15, 0.2) is 7.14 Å². The van der Waals surface area contributed by atoms with E-state index in [1.807, 2.05) is 60.7 Å². The number of rotatable bonds is 8. The van der Waals surface area contributed by atoms with Crippen LogP contribution in [0.5, 0.6) is 0 Å². The van der Waals surface area contributed by atoms with Crippen LogP contribution in [0.1, 0.15) is 43.2 Å². The third-order valence-corrected chi connectivity index (χ3v) is 12.5. The minimum Gasteiger partial charge on any atom is -0.311 e. The maximum Gasteiger partial charge on any atom is 0.171 e. The highest BCUT2D eigenvalue weighted by molar-refractivity contribution is 7.85. The van der Waals surface area contributed by atoms with Gasteiger partial charge in [0.1, 0.15) is 0 Å². The molecule has 0 N–H and O–H groups in total. The Morgan fingerprint density at radius 3 is 1.20 bits per heavy atom. The quantitative estimate of drug-likeness (QED) is 0.161. The molecule has 3 heteroatoms. The molecule has 0 saturated heterocycles. The average Bonchev–Trinajstić information content (AvgIpc) is 3.14. The van der Waals surface area contributed by atoms with E-state index in [-0.39, 0.29) is 5.41 Å². The predicted octanol–water partition coefficient (Wildman–Crippen LogP) is 10.0. The fourth-order valence-corrected chi connectivity index (χ4v) is 9.79. The molecule has 45 heavy (non-hydrogen) atoms. The third kappa shape index (κ3) is 5.56. The zero-order valence-electron chi connectivity index (χ0n) is 25.5. The van der Waals surface area contributed by atoms with E-state index in [1.54, 1.807) is 0 Å². The highest BCUT2D eigenvalue weighted by Gasteiger charge is 2.37. The second-order valence-electron chi connectivity index (χ2n) is 12.0. The van der Waals surface area contributed by atoms with Crippen molar-refractivity contribution in [3.8, 4) is 0 Å². The van der Waals surface area contributed by atoms with Gasteiger partial charge in [-0.3, -0.25) is 0 Å². The van der Waals surface area contributed by atoms with Crippen LogP contribution in [0.3, 0.4) is 0 Å². The van der Waals surface area contributed by atoms with Crippen molar-refractivity contribution in [1.29, 1.82) is 0 Å². The van der Waals surface area contributed by atoms with Crippen LogP contribution in [0, 0.1) is 0 Å². The lowest BCUT2D eigenvalue weighted by Crippen LogP contribution is -2.31. The highest BCUT2D eigenvalue weighted by atomic mass is 31.2. The molecule has 0 atom stereocenters. The minimum absolute atomic E-state index is 0.0664. The summed E-state index contributed by atoms with van der Waals surface area (Å²) in [6.45, 7) is 0. The van der Waals surface area contributed by atoms with Crippen molar-refractivity contribution in [2.45, 2.75) is 37.5 Å². The van der Waals surface area contributed by atoms with Gasteiger partial charge in [0.05, 0.1) is 0 Å². The lowest BCUT2D eigenvalue weighted by atomic mass is 9.65. The first-order valence-electron chi connectivity index (χ1n) is 16.0. The molecule has 0 amide bonds. The van der Waals surface area contributed by atoms with Gasteiger partial charge < -0.3 is 9.46 Å². The van der Waals surface area contributed by atoms with E-state index in [1.165, 1.54) is 30.4 Å². The van der Waals surface area contributed by atoms with Crippen LogP contribution in [0.15, 0.2) is 170 Å². The summed E-state index contributed by atoms with van der Waals surface area (Å²) < 4.78 is 15.0. The molecule has 0 aromatic heterocycles. The number of hydrogen-bond donors (Lipinski definition) is 0. The normalized spacial score (nSPS) is 14.5. The van der Waals surface area contributed by atoms with Crippen LogP contribution >= 0.6 is 7.14 Å². The number of para-hydroxylation sites is 2. The monoisotopic (exact) mass is 603 g/mol. The highest BCUT2D eigenvalue weighted by Crippen LogP contribution is 2.47. The fourth-order valence-electron chi connectivity index (χ4n) is 7.14. The van der Waals surface area contributed by atoms with Crippen LogP contribution in [0.4, 0.5) is 17.1 Å². The SMILES string of the molecule is O=P(c1ccccc1)(c1ccccc1)c1ccc(C2(c3ccc(N(c4ccccc4)c4ccccc4)cc3)CCCCC2)cc1. The average molecular weight is 604 g/mol. The van der Waals surface area contributed by atoms with Gasteiger partial charge in [0, 0.05) is 38.4 Å². The molecular formula is C42H38NOP. The molecule has 0 spiro atoms. The van der Waals surface area contributed by atoms with Gasteiger partial charge in [0.25, 0.3) is 0 Å². The molecule has 0 heterocycles. The summed E-state index contributed by atoms with van der Waals surface area (Å²) in [6.07, 6.45) is 5.90. The molecule has 0 aliphatic heterocycles. The Morgan fingerprint density at radius 1 is 0.400 bits per heavy atom. The Balaban J connectivity index is 1.27. The molecule has 1 aliphatic carbocycles. The van der Waals surface area contributed by atoms with Crippen molar-refractivity contribution in [1.82, 2.24) is 0 Å². The molecule has 1 saturated carbocycles. The maximum absolute atomic E-state index is 15.0. The predicted molar refractivity (Wildman–Crippen MR) is 191 cm³/mol. The lowest BCUT2D eigenvalue weighted by Gasteiger charge is -2.39. The van der Waals surface area contributed by atoms with Gasteiger partial charge in [0.2, 0.25) is 0 Å². The number of hydrogen-bond acceptors (Lipinski definition) is 2. The summed E-state index contributed by atoms with van der Waals surface area (Å²) in [5.74, 6) is 0. The summed E-state index contributed by atoms with van der Waals surface area (Å²) in [5.41, 5.74) is 6.03. The Labute approximate surface area is 267 Å². The molecule has 0 radical (unpaired) electrons. The van der Waals surface area contributed by atoms with E-state index in [0.29, 0.717) is 0 Å². The Bertz CT molecular complexity index is 1780. The van der Waals surface area contributed by atoms with Crippen LogP contribution in [0.2, 0.25) is 0 Å². The standard InChI is InChI=1S/C42H38NOP/c44-45(39-20-10-3-11-21-39,40-22-12-4-13-23-40)41-30-26-35(27-31-41)42(32-14-5-15-33-42)34-24-28-38(29-25-34)43(36-16-6-1-7-17-36)37-18-8-2-9-19-37/h1-4,6-13,16-31H,5,14-15,32-33H2. The zero-order valence-corrected chi connectivity index (χ0v) is 26.4. The summed E-state index contributed by atoms with van der Waals surface area (Å²) in [5, 5.41) is 2.62. The molecule has 0 unspecified atom stereocenters. The summed E-state index contributed by atoms with van der Waals surface area (Å²) >= 11 is 0. The molecule has 6 aromatic rings. The molecule has 222 valence electrons. The van der Waals surface area contributed by atoms with Gasteiger partial charge >= 0.3 is 0 Å². The van der Waals surface area contributed by atoms with Crippen molar-refractivity contribution in [2.24, 2.45) is 0 Å². The summed E-state index contributed by atoms with van der Waals surface area (Å²) in [4.78, 5) is 2.32. The summed E-state index contributed by atoms with van der Waals surface area (Å²) in [6, 6.07) is 59.1. The molecule has 0 bridgehead atoms. The second kappa shape index (κ2) is 12.8. The first-order chi connectivity index (χ1) is 22.2. The Kier molecular flexibility index (Phi) is 8.25. The molecule has 1 aliphatic rings. The van der Waals surface area contributed by atoms with E-state index in [0.717, 1.165) is 45.8 Å². The van der Waals surface area contributed by atoms with E-state index >= 15 is 0 Å². The molecule has 6 aromatic carbocycles. The topological polar surface area (TPSA) is 20.3 Å². The molecule has 2 nitrogen and oxygen atoms in total. The maximum atomic E-state index is 15.0. The first kappa shape index (κ1) is 29.1. The smallest absolute Gasteiger partial charge is 0.171 e. The van der Waals surface area contributed by atoms with Gasteiger partial charge in [-0.25, -0.2) is 0 Å². The van der Waals surface area contributed by atoms with Gasteiger partial charge in [-0.1, -0.05) is 153 Å². The number of nitrogens with zero attached hydrogens (tertiary/aromatic N) is 1. The van der Waals surface area contributed by atoms with Crippen LogP contribution in [0.25, 0.3) is 0 Å². The first-order valence-corrected chi connectivity index (χ1v) is 17.7. The molecule has 1 fully saturated rings. The van der Waals surface area contributed by atoms with Crippen molar-refractivity contribution >= 4 is 40.1 Å². The van der Waals surface area contributed by atoms with E-state index < -0.39 is 7.14 Å². The third-order valence-electron chi connectivity index (χ3n) is 9.44. The minimum atomic E-state index is -3.01. The van der Waals surface area contributed by atoms with Gasteiger partial charge in [-0.15, -0.1) is 0 Å². The molecule has 7 rings (SSSR count). The van der Waals surface area contributed by atoms with Gasteiger partial charge in [-0.2, -0.15) is 0 Å². The van der Waals surface area contributed by atoms with E-state index in [4.69, 9.17) is 0 Å². The lowest BCUT2D eigenvalue weighted by molar-refractivity contribution is 0.346. The Morgan fingerprint density at radius 2 is 0.756 bits per heavy atom. The van der Waals surface area contributed by atoms with Crippen LogP contribution < -0.4 is 20.8 Å². The van der Waals surface area contributed by atoms with Crippen LogP contribution in [-0.2, 0) is 9.98 Å². The second-order valence-corrected chi connectivity index (χ2v) is 14.8. The van der Waals surface area contributed by atoms with Crippen molar-refractivity contribution in [2.75, 3.05) is 4.90 Å². The zero-order chi connectivity index (χ0) is 30.5. The van der Waals surface area contributed by atoms with Gasteiger partial charge in [-0.05, 0) is 60.4 Å². The van der Waals surface area contributed by atoms with Crippen molar-refractivity contribution in [3.05, 3.63) is 181 Å². The van der Waals surface area contributed by atoms with Crippen molar-refractivity contribution in [3.63, 3.8) is 0 Å². The van der Waals surface area contributed by atoms with Crippen LogP contribution in [-0.4, -0.2) is 0 Å². The Hall–Kier alpha value is -4.65. The number of anilines is 3. The fraction of sp³-hybridized carbons (Fsp3) is 0.143. The van der Waals surface area contributed by atoms with E-state index in [2.05, 4.69) is 114 Å². The molecular weight excluding hydrogens is 565 g/mol. The van der Waals surface area contributed by atoms with E-state index in [9.17, 15) is 4.57 Å². The largest absolute Gasteiger partial charge is 0.311 e.